The van der Waals surface area contributed by atoms with E-state index in [2.05, 4.69) is 12.2 Å². The average Bonchev–Trinajstić information content (AvgIpc) is 2.41. The lowest BCUT2D eigenvalue weighted by Gasteiger charge is -2.36. The normalized spacial score (nSPS) is 25.3. The van der Waals surface area contributed by atoms with Crippen LogP contribution in [0.5, 0.6) is 5.75 Å². The first-order chi connectivity index (χ1) is 9.84. The van der Waals surface area contributed by atoms with E-state index in [1.54, 1.807) is 6.92 Å². The van der Waals surface area contributed by atoms with Gasteiger partial charge in [-0.25, -0.2) is 4.79 Å². The molecule has 114 valence electrons. The minimum absolute atomic E-state index is 0.0866. The van der Waals surface area contributed by atoms with Gasteiger partial charge in [-0.15, -0.1) is 0 Å². The van der Waals surface area contributed by atoms with E-state index in [-0.39, 0.29) is 5.75 Å². The predicted molar refractivity (Wildman–Crippen MR) is 78.3 cm³/mol. The number of carboxylic acid groups (broad SMARTS) is 1. The number of hydrogen-bond donors (Lipinski definition) is 3. The highest BCUT2D eigenvalue weighted by molar-refractivity contribution is 5.99. The van der Waals surface area contributed by atoms with Crippen LogP contribution in [0.3, 0.4) is 0 Å². The number of carbonyl (C=O) groups is 2. The maximum absolute atomic E-state index is 12.4. The summed E-state index contributed by atoms with van der Waals surface area (Å²) in [5, 5.41) is 21.6. The summed E-state index contributed by atoms with van der Waals surface area (Å²) < 4.78 is 0. The smallest absolute Gasteiger partial charge is 0.329 e. The first-order valence-corrected chi connectivity index (χ1v) is 7.19. The molecule has 1 aromatic carbocycles. The van der Waals surface area contributed by atoms with E-state index in [4.69, 9.17) is 0 Å². The largest absolute Gasteiger partial charge is 0.508 e. The topological polar surface area (TPSA) is 86.6 Å². The van der Waals surface area contributed by atoms with Crippen molar-refractivity contribution < 1.29 is 19.8 Å². The minimum atomic E-state index is -1.17. The molecule has 1 amide bonds. The van der Waals surface area contributed by atoms with Gasteiger partial charge in [0.05, 0.1) is 0 Å². The molecule has 0 bridgehead atoms. The van der Waals surface area contributed by atoms with Crippen molar-refractivity contribution >= 4 is 11.9 Å². The molecular weight excluding hydrogens is 270 g/mol. The molecule has 0 heterocycles. The molecular formula is C16H21NO4. The zero-order valence-electron chi connectivity index (χ0n) is 12.3. The highest BCUT2D eigenvalue weighted by atomic mass is 16.4. The SMILES string of the molecule is Cc1cc(O)ccc1C(=O)NC1(C(=O)O)CCC(C)CC1. The highest BCUT2D eigenvalue weighted by Crippen LogP contribution is 2.32. The number of aliphatic carboxylic acids is 1. The first-order valence-electron chi connectivity index (χ1n) is 7.19. The Hall–Kier alpha value is -2.04. The quantitative estimate of drug-likeness (QED) is 0.798. The number of nitrogens with one attached hydrogen (secondary N) is 1. The van der Waals surface area contributed by atoms with Crippen LogP contribution in [-0.4, -0.2) is 27.6 Å². The summed E-state index contributed by atoms with van der Waals surface area (Å²) in [6.45, 7) is 3.81. The number of aryl methyl sites for hydroxylation is 1. The minimum Gasteiger partial charge on any atom is -0.508 e. The molecule has 3 N–H and O–H groups in total. The molecule has 1 saturated carbocycles. The summed E-state index contributed by atoms with van der Waals surface area (Å²) in [4.78, 5) is 24.0. The number of benzene rings is 1. The van der Waals surface area contributed by atoms with Crippen LogP contribution >= 0.6 is 0 Å². The predicted octanol–water partition coefficient (Wildman–Crippen LogP) is 2.46. The summed E-state index contributed by atoms with van der Waals surface area (Å²) in [6.07, 6.45) is 2.49. The molecule has 0 aliphatic heterocycles. The van der Waals surface area contributed by atoms with Gasteiger partial charge in [0.15, 0.2) is 0 Å². The number of rotatable bonds is 3. The molecule has 1 aromatic rings. The fourth-order valence-electron chi connectivity index (χ4n) is 2.83. The van der Waals surface area contributed by atoms with Crippen LogP contribution in [0, 0.1) is 12.8 Å². The molecule has 0 saturated heterocycles. The van der Waals surface area contributed by atoms with Gasteiger partial charge in [0.1, 0.15) is 11.3 Å². The van der Waals surface area contributed by atoms with Crippen LogP contribution in [0.15, 0.2) is 18.2 Å². The van der Waals surface area contributed by atoms with Crippen LogP contribution in [0.4, 0.5) is 0 Å². The van der Waals surface area contributed by atoms with Crippen molar-refractivity contribution in [3.8, 4) is 5.75 Å². The number of phenols is 1. The fraction of sp³-hybridized carbons (Fsp3) is 0.500. The lowest BCUT2D eigenvalue weighted by molar-refractivity contribution is -0.146. The van der Waals surface area contributed by atoms with Crippen molar-refractivity contribution in [2.75, 3.05) is 0 Å². The number of carboxylic acids is 1. The van der Waals surface area contributed by atoms with Gasteiger partial charge in [-0.3, -0.25) is 4.79 Å². The maximum Gasteiger partial charge on any atom is 0.329 e. The summed E-state index contributed by atoms with van der Waals surface area (Å²) in [5.41, 5.74) is -0.155. The lowest BCUT2D eigenvalue weighted by atomic mass is 9.77. The van der Waals surface area contributed by atoms with Gasteiger partial charge in [-0.05, 0) is 62.3 Å². The maximum atomic E-state index is 12.4. The second-order valence-electron chi connectivity index (χ2n) is 6.02. The molecule has 1 aliphatic carbocycles. The Morgan fingerprint density at radius 3 is 2.43 bits per heavy atom. The molecule has 0 radical (unpaired) electrons. The van der Waals surface area contributed by atoms with Crippen LogP contribution in [-0.2, 0) is 4.79 Å². The van der Waals surface area contributed by atoms with E-state index < -0.39 is 17.4 Å². The van der Waals surface area contributed by atoms with Crippen LogP contribution < -0.4 is 5.32 Å². The van der Waals surface area contributed by atoms with Crippen LogP contribution in [0.25, 0.3) is 0 Å². The Morgan fingerprint density at radius 2 is 1.90 bits per heavy atom. The van der Waals surface area contributed by atoms with E-state index >= 15 is 0 Å². The number of hydrogen-bond acceptors (Lipinski definition) is 3. The third-order valence-corrected chi connectivity index (χ3v) is 4.34. The van der Waals surface area contributed by atoms with Gasteiger partial charge in [-0.2, -0.15) is 0 Å². The summed E-state index contributed by atoms with van der Waals surface area (Å²) in [6, 6.07) is 4.44. The molecule has 2 rings (SSSR count). The average molecular weight is 291 g/mol. The monoisotopic (exact) mass is 291 g/mol. The van der Waals surface area contributed by atoms with Crippen molar-refractivity contribution in [2.24, 2.45) is 5.92 Å². The third kappa shape index (κ3) is 3.17. The molecule has 1 aliphatic rings. The Labute approximate surface area is 124 Å². The van der Waals surface area contributed by atoms with E-state index in [1.807, 2.05) is 0 Å². The van der Waals surface area contributed by atoms with Crippen molar-refractivity contribution in [3.05, 3.63) is 29.3 Å². The van der Waals surface area contributed by atoms with E-state index in [1.165, 1.54) is 18.2 Å². The van der Waals surface area contributed by atoms with E-state index in [0.29, 0.717) is 29.9 Å². The van der Waals surface area contributed by atoms with Gasteiger partial charge < -0.3 is 15.5 Å². The number of carbonyl (C=O) groups excluding carboxylic acids is 1. The van der Waals surface area contributed by atoms with Gasteiger partial charge in [0, 0.05) is 5.56 Å². The van der Waals surface area contributed by atoms with Crippen molar-refractivity contribution in [1.29, 1.82) is 0 Å². The number of amides is 1. The van der Waals surface area contributed by atoms with Gasteiger partial charge in [0.25, 0.3) is 5.91 Å². The Bertz CT molecular complexity index is 559. The highest BCUT2D eigenvalue weighted by Gasteiger charge is 2.42. The summed E-state index contributed by atoms with van der Waals surface area (Å²) in [7, 11) is 0. The molecule has 1 fully saturated rings. The Balaban J connectivity index is 2.21. The zero-order chi connectivity index (χ0) is 15.6. The van der Waals surface area contributed by atoms with Crippen LogP contribution in [0.1, 0.15) is 48.5 Å². The van der Waals surface area contributed by atoms with Crippen molar-refractivity contribution in [1.82, 2.24) is 5.32 Å². The molecule has 0 spiro atoms. The molecule has 0 unspecified atom stereocenters. The standard InChI is InChI=1S/C16H21NO4/c1-10-5-7-16(8-6-10,15(20)21)17-14(19)13-4-3-12(18)9-11(13)2/h3-4,9-10,18H,5-8H2,1-2H3,(H,17,19)(H,20,21). The van der Waals surface area contributed by atoms with Crippen molar-refractivity contribution in [3.63, 3.8) is 0 Å². The summed E-state index contributed by atoms with van der Waals surface area (Å²) in [5.74, 6) is -0.795. The molecule has 0 aromatic heterocycles. The molecule has 0 atom stereocenters. The lowest BCUT2D eigenvalue weighted by Crippen LogP contribution is -2.56. The molecule has 5 nitrogen and oxygen atoms in total. The zero-order valence-corrected chi connectivity index (χ0v) is 12.3. The van der Waals surface area contributed by atoms with Gasteiger partial charge in [-0.1, -0.05) is 6.92 Å². The number of aromatic hydroxyl groups is 1. The molecule has 5 heteroatoms. The first kappa shape index (κ1) is 15.4. The number of phenolic OH excluding ortho intramolecular Hbond substituents is 1. The van der Waals surface area contributed by atoms with E-state index in [0.717, 1.165) is 12.8 Å². The van der Waals surface area contributed by atoms with E-state index in [9.17, 15) is 19.8 Å². The Kier molecular flexibility index (Phi) is 4.21. The van der Waals surface area contributed by atoms with Crippen LogP contribution in [0.2, 0.25) is 0 Å². The Morgan fingerprint density at radius 1 is 1.29 bits per heavy atom. The fourth-order valence-corrected chi connectivity index (χ4v) is 2.83. The van der Waals surface area contributed by atoms with Crippen molar-refractivity contribution in [2.45, 2.75) is 45.1 Å². The second-order valence-corrected chi connectivity index (χ2v) is 6.02. The second kappa shape index (κ2) is 5.76. The third-order valence-electron chi connectivity index (χ3n) is 4.34. The summed E-state index contributed by atoms with van der Waals surface area (Å²) >= 11 is 0. The molecule has 21 heavy (non-hydrogen) atoms. The van der Waals surface area contributed by atoms with Gasteiger partial charge in [0.2, 0.25) is 0 Å². The van der Waals surface area contributed by atoms with Gasteiger partial charge >= 0.3 is 5.97 Å².